The van der Waals surface area contributed by atoms with E-state index in [1.165, 1.54) is 40.7 Å². The van der Waals surface area contributed by atoms with Crippen molar-refractivity contribution in [2.24, 2.45) is 10.9 Å². The Kier molecular flexibility index (Phi) is 9.13. The van der Waals surface area contributed by atoms with E-state index in [4.69, 9.17) is 19.6 Å². The van der Waals surface area contributed by atoms with Crippen molar-refractivity contribution in [2.45, 2.75) is 30.1 Å². The van der Waals surface area contributed by atoms with E-state index >= 15 is 0 Å². The summed E-state index contributed by atoms with van der Waals surface area (Å²) >= 11 is 0. The molecule has 2 aromatic rings. The van der Waals surface area contributed by atoms with Crippen LogP contribution in [0.2, 0.25) is 0 Å². The Labute approximate surface area is 211 Å². The van der Waals surface area contributed by atoms with Gasteiger partial charge in [-0.05, 0) is 55.4 Å². The molecule has 2 aromatic carbocycles. The summed E-state index contributed by atoms with van der Waals surface area (Å²) in [5, 5.41) is 3.67. The third-order valence-corrected chi connectivity index (χ3v) is 8.55. The Balaban J connectivity index is 1.84. The van der Waals surface area contributed by atoms with Gasteiger partial charge in [0.1, 0.15) is 15.5 Å². The van der Waals surface area contributed by atoms with Gasteiger partial charge >= 0.3 is 10.1 Å². The van der Waals surface area contributed by atoms with Crippen molar-refractivity contribution in [3.63, 3.8) is 0 Å². The molecular formula is C22H31N5O7S2. The first-order valence-corrected chi connectivity index (χ1v) is 14.1. The minimum absolute atomic E-state index is 0.0826. The number of nitrogens with two attached hydrogens (primary N) is 1. The van der Waals surface area contributed by atoms with Crippen LogP contribution in [0, 0.1) is 6.92 Å². The standard InChI is InChI=1S/C22H31N5O7S2/c1-4-13-32-24-22(23)25-33-18-14-17(2)15-19(16-18)34-36(30,31)21-8-6-5-7-20(21)35(28,29)27-11-9-26(3)10-12-27/h5-8,14-16H,4,9-13H2,1-3H3,(H3,23,24,25). The predicted molar refractivity (Wildman–Crippen MR) is 133 cm³/mol. The predicted octanol–water partition coefficient (Wildman–Crippen LogP) is 1.24. The van der Waals surface area contributed by atoms with Gasteiger partial charge in [0.25, 0.3) is 5.96 Å². The van der Waals surface area contributed by atoms with Gasteiger partial charge in [0.15, 0.2) is 5.75 Å². The molecule has 14 heteroatoms. The molecule has 0 radical (unpaired) electrons. The average molecular weight is 542 g/mol. The molecule has 1 saturated heterocycles. The molecule has 3 rings (SSSR count). The van der Waals surface area contributed by atoms with Crippen LogP contribution in [0.1, 0.15) is 18.9 Å². The number of hydrogen-bond donors (Lipinski definition) is 2. The zero-order valence-corrected chi connectivity index (χ0v) is 22.0. The third kappa shape index (κ3) is 7.07. The van der Waals surface area contributed by atoms with Gasteiger partial charge in [0.2, 0.25) is 10.0 Å². The number of guanidine groups is 1. The van der Waals surface area contributed by atoms with Crippen LogP contribution in [0.4, 0.5) is 0 Å². The number of rotatable bonds is 10. The molecule has 0 spiro atoms. The molecule has 1 aliphatic heterocycles. The Hall–Kier alpha value is -2.91. The Morgan fingerprint density at radius 3 is 2.33 bits per heavy atom. The number of piperazine rings is 1. The fourth-order valence-corrected chi connectivity index (χ4v) is 6.49. The molecule has 0 aliphatic carbocycles. The summed E-state index contributed by atoms with van der Waals surface area (Å²) in [5.74, 6) is -0.0670. The molecule has 1 aliphatic rings. The maximum atomic E-state index is 13.3. The van der Waals surface area contributed by atoms with Crippen molar-refractivity contribution in [1.29, 1.82) is 0 Å². The second-order valence-corrected chi connectivity index (χ2v) is 11.6. The van der Waals surface area contributed by atoms with Gasteiger partial charge in [-0.1, -0.05) is 19.1 Å². The van der Waals surface area contributed by atoms with Crippen molar-refractivity contribution in [1.82, 2.24) is 14.7 Å². The van der Waals surface area contributed by atoms with Crippen LogP contribution in [0.3, 0.4) is 0 Å². The smallest absolute Gasteiger partial charge is 0.340 e. The number of likely N-dealkylation sites (N-methyl/N-ethyl adjacent to an activating group) is 1. The SMILES string of the molecule is CCCONC(N)=NOc1cc(C)cc(OS(=O)(=O)c2ccccc2S(=O)(=O)N2CCN(C)CC2)c1. The van der Waals surface area contributed by atoms with E-state index in [1.807, 2.05) is 18.9 Å². The van der Waals surface area contributed by atoms with E-state index in [2.05, 4.69) is 10.6 Å². The quantitative estimate of drug-likeness (QED) is 0.148. The number of sulfonamides is 1. The number of hydrogen-bond acceptors (Lipinski definition) is 9. The van der Waals surface area contributed by atoms with E-state index < -0.39 is 25.0 Å². The minimum Gasteiger partial charge on any atom is -0.379 e. The first-order valence-electron chi connectivity index (χ1n) is 11.2. The molecular weight excluding hydrogens is 510 g/mol. The normalized spacial score (nSPS) is 16.0. The number of nitrogens with one attached hydrogen (secondary N) is 1. The summed E-state index contributed by atoms with van der Waals surface area (Å²) < 4.78 is 59.6. The van der Waals surface area contributed by atoms with Gasteiger partial charge in [0, 0.05) is 32.2 Å². The van der Waals surface area contributed by atoms with Crippen LogP contribution in [0.15, 0.2) is 57.4 Å². The Bertz CT molecular complexity index is 1290. The lowest BCUT2D eigenvalue weighted by molar-refractivity contribution is 0.0824. The van der Waals surface area contributed by atoms with Gasteiger partial charge in [0.05, 0.1) is 6.61 Å². The van der Waals surface area contributed by atoms with Gasteiger partial charge in [-0.25, -0.2) is 13.9 Å². The summed E-state index contributed by atoms with van der Waals surface area (Å²) in [6, 6.07) is 9.74. The summed E-state index contributed by atoms with van der Waals surface area (Å²) in [7, 11) is -6.69. The summed E-state index contributed by atoms with van der Waals surface area (Å²) in [6.45, 7) is 5.65. The van der Waals surface area contributed by atoms with Gasteiger partial charge < -0.3 is 19.7 Å². The molecule has 198 valence electrons. The van der Waals surface area contributed by atoms with Crippen molar-refractivity contribution >= 4 is 26.1 Å². The number of aryl methyl sites for hydroxylation is 1. The largest absolute Gasteiger partial charge is 0.379 e. The molecule has 0 amide bonds. The summed E-state index contributed by atoms with van der Waals surface area (Å²) in [4.78, 5) is 11.5. The zero-order chi connectivity index (χ0) is 26.3. The first kappa shape index (κ1) is 27.7. The number of nitrogens with zero attached hydrogens (tertiary/aromatic N) is 3. The average Bonchev–Trinajstić information content (AvgIpc) is 2.82. The molecule has 0 atom stereocenters. The highest BCUT2D eigenvalue weighted by Gasteiger charge is 2.33. The van der Waals surface area contributed by atoms with Crippen LogP contribution in [-0.4, -0.2) is 71.8 Å². The fraction of sp³-hybridized carbons (Fsp3) is 0.409. The second-order valence-electron chi connectivity index (χ2n) is 8.19. The molecule has 12 nitrogen and oxygen atoms in total. The van der Waals surface area contributed by atoms with E-state index in [0.717, 1.165) is 6.42 Å². The molecule has 0 aromatic heterocycles. The maximum absolute atomic E-state index is 13.3. The first-order chi connectivity index (χ1) is 17.0. The molecule has 36 heavy (non-hydrogen) atoms. The number of oxime groups is 1. The fourth-order valence-electron chi connectivity index (χ4n) is 3.37. The lowest BCUT2D eigenvalue weighted by Gasteiger charge is -2.31. The minimum atomic E-state index is -4.52. The molecule has 1 fully saturated rings. The summed E-state index contributed by atoms with van der Waals surface area (Å²) in [5.41, 5.74) is 8.66. The van der Waals surface area contributed by atoms with Crippen LogP contribution < -0.4 is 20.2 Å². The molecule has 0 bridgehead atoms. The van der Waals surface area contributed by atoms with Crippen LogP contribution >= 0.6 is 0 Å². The van der Waals surface area contributed by atoms with E-state index in [9.17, 15) is 16.8 Å². The highest BCUT2D eigenvalue weighted by Crippen LogP contribution is 2.30. The van der Waals surface area contributed by atoms with E-state index in [1.54, 1.807) is 13.0 Å². The molecule has 0 saturated carbocycles. The number of hydroxylamine groups is 1. The molecule has 0 unspecified atom stereocenters. The number of benzene rings is 2. The van der Waals surface area contributed by atoms with Crippen molar-refractivity contribution in [3.8, 4) is 11.5 Å². The van der Waals surface area contributed by atoms with Gasteiger partial charge in [-0.2, -0.15) is 12.7 Å². The molecule has 3 N–H and O–H groups in total. The Morgan fingerprint density at radius 1 is 1.03 bits per heavy atom. The van der Waals surface area contributed by atoms with Crippen molar-refractivity contribution in [3.05, 3.63) is 48.0 Å². The van der Waals surface area contributed by atoms with Crippen LogP contribution in [0.5, 0.6) is 11.5 Å². The van der Waals surface area contributed by atoms with E-state index in [-0.39, 0.29) is 35.4 Å². The topological polar surface area (TPSA) is 153 Å². The summed E-state index contributed by atoms with van der Waals surface area (Å²) in [6.07, 6.45) is 0.772. The third-order valence-electron chi connectivity index (χ3n) is 5.16. The lowest BCUT2D eigenvalue weighted by Crippen LogP contribution is -2.47. The lowest BCUT2D eigenvalue weighted by atomic mass is 10.2. The van der Waals surface area contributed by atoms with Crippen LogP contribution in [0.25, 0.3) is 0 Å². The van der Waals surface area contributed by atoms with Gasteiger partial charge in [-0.3, -0.25) is 4.84 Å². The van der Waals surface area contributed by atoms with Crippen molar-refractivity contribution < 1.29 is 30.7 Å². The highest BCUT2D eigenvalue weighted by atomic mass is 32.2. The highest BCUT2D eigenvalue weighted by molar-refractivity contribution is 7.91. The van der Waals surface area contributed by atoms with Crippen molar-refractivity contribution in [2.75, 3.05) is 39.8 Å². The second kappa shape index (κ2) is 11.9. The van der Waals surface area contributed by atoms with E-state index in [0.29, 0.717) is 25.3 Å². The Morgan fingerprint density at radius 2 is 1.67 bits per heavy atom. The monoisotopic (exact) mass is 541 g/mol. The molecule has 1 heterocycles. The maximum Gasteiger partial charge on any atom is 0.340 e. The van der Waals surface area contributed by atoms with Gasteiger partial charge in [-0.15, -0.1) is 0 Å². The van der Waals surface area contributed by atoms with Crippen LogP contribution in [-0.2, 0) is 25.0 Å². The zero-order valence-electron chi connectivity index (χ0n) is 20.4.